The Kier molecular flexibility index (Phi) is 9.70. The molecule has 6 aromatic carbocycles. The van der Waals surface area contributed by atoms with E-state index in [1.807, 2.05) is 86.6 Å². The number of hydrogen-bond acceptors (Lipinski definition) is 12. The van der Waals surface area contributed by atoms with Gasteiger partial charge in [0, 0.05) is 33.3 Å². The summed E-state index contributed by atoms with van der Waals surface area (Å²) in [7, 11) is 0. The van der Waals surface area contributed by atoms with E-state index in [2.05, 4.69) is 30.4 Å². The van der Waals surface area contributed by atoms with Crippen molar-refractivity contribution in [3.63, 3.8) is 0 Å². The zero-order valence-corrected chi connectivity index (χ0v) is 28.3. The number of fused-ring (bicyclic) bond motifs is 4. The van der Waals surface area contributed by atoms with Crippen molar-refractivity contribution < 1.29 is 10.2 Å². The number of hydrogen-bond donors (Lipinski definition) is 6. The van der Waals surface area contributed by atoms with E-state index in [1.54, 1.807) is 24.3 Å². The maximum absolute atomic E-state index is 9.86. The zero-order chi connectivity index (χ0) is 36.5. The van der Waals surface area contributed by atoms with E-state index in [4.69, 9.17) is 22.9 Å². The maximum atomic E-state index is 9.86. The van der Waals surface area contributed by atoms with Crippen LogP contribution in [0.3, 0.4) is 0 Å². The fourth-order valence-corrected chi connectivity index (χ4v) is 5.78. The van der Waals surface area contributed by atoms with Crippen LogP contribution in [0.1, 0.15) is 18.6 Å². The number of nitrogens with two attached hydrogens (primary N) is 4. The molecule has 8 rings (SSSR count). The fraction of sp³-hybridized carbons (Fsp3) is 0.0732. The number of azo groups is 2. The molecule has 12 nitrogen and oxygen atoms in total. The van der Waals surface area contributed by atoms with Crippen LogP contribution in [0.4, 0.5) is 45.5 Å². The van der Waals surface area contributed by atoms with Gasteiger partial charge in [-0.1, -0.05) is 36.8 Å². The van der Waals surface area contributed by atoms with Crippen LogP contribution in [0.25, 0.3) is 43.6 Å². The first-order valence-corrected chi connectivity index (χ1v) is 16.2. The molecule has 10 N–H and O–H groups in total. The Morgan fingerprint density at radius 3 is 1.57 bits per heavy atom. The molecule has 0 aliphatic carbocycles. The van der Waals surface area contributed by atoms with E-state index in [0.717, 1.165) is 54.7 Å². The third-order valence-corrected chi connectivity index (χ3v) is 8.49. The third kappa shape index (κ3) is 7.28. The van der Waals surface area contributed by atoms with E-state index >= 15 is 0 Å². The number of anilines is 4. The second-order valence-corrected chi connectivity index (χ2v) is 12.4. The van der Waals surface area contributed by atoms with Gasteiger partial charge >= 0.3 is 0 Å². The van der Waals surface area contributed by atoms with Gasteiger partial charge in [0.2, 0.25) is 0 Å². The molecule has 264 valence electrons. The Balaban J connectivity index is 0.000000178. The van der Waals surface area contributed by atoms with Crippen molar-refractivity contribution in [3.8, 4) is 11.5 Å². The molecule has 0 saturated carbocycles. The normalized spacial score (nSPS) is 11.4. The van der Waals surface area contributed by atoms with Gasteiger partial charge in [-0.05, 0) is 98.8 Å². The quantitative estimate of drug-likeness (QED) is 0.0586. The Labute approximate surface area is 305 Å². The first-order valence-electron chi connectivity index (χ1n) is 16.2. The Bertz CT molecular complexity index is 2720. The minimum atomic E-state index is -0.0155. The third-order valence-electron chi connectivity index (χ3n) is 8.49. The summed E-state index contributed by atoms with van der Waals surface area (Å²) >= 11 is 0. The fourth-order valence-electron chi connectivity index (χ4n) is 5.78. The molecule has 12 heteroatoms. The lowest BCUT2D eigenvalue weighted by atomic mass is 10.1. The van der Waals surface area contributed by atoms with Crippen LogP contribution >= 0.6 is 0 Å². The molecule has 0 radical (unpaired) electrons. The molecule has 0 spiro atoms. The number of benzene rings is 6. The van der Waals surface area contributed by atoms with Gasteiger partial charge in [0.25, 0.3) is 0 Å². The molecule has 0 unspecified atom stereocenters. The second-order valence-electron chi connectivity index (χ2n) is 12.4. The number of rotatable bonds is 4. The molecule has 2 aromatic heterocycles. The number of aryl methyl sites for hydroxylation is 2. The van der Waals surface area contributed by atoms with E-state index in [-0.39, 0.29) is 24.6 Å². The number of aromatic hydroxyl groups is 2. The highest BCUT2D eigenvalue weighted by Crippen LogP contribution is 2.36. The lowest BCUT2D eigenvalue weighted by Gasteiger charge is -2.08. The molecule has 0 saturated heterocycles. The van der Waals surface area contributed by atoms with Crippen LogP contribution < -0.4 is 22.9 Å². The first kappa shape index (κ1) is 35.5. The smallest absolute Gasteiger partial charge is 0.150 e. The number of phenolic OH excluding ortho intramolecular Hbond substituents is 2. The minimum Gasteiger partial charge on any atom is -0.506 e. The number of nitrogen functional groups attached to an aromatic ring is 4. The van der Waals surface area contributed by atoms with Gasteiger partial charge in [-0.25, -0.2) is 9.97 Å². The van der Waals surface area contributed by atoms with Crippen molar-refractivity contribution in [2.45, 2.75) is 21.3 Å². The molecule has 53 heavy (non-hydrogen) atoms. The van der Waals surface area contributed by atoms with E-state index in [0.29, 0.717) is 39.8 Å². The Morgan fingerprint density at radius 1 is 0.491 bits per heavy atom. The van der Waals surface area contributed by atoms with E-state index in [1.165, 1.54) is 12.1 Å². The monoisotopic (exact) mass is 702 g/mol. The van der Waals surface area contributed by atoms with Crippen LogP contribution in [0, 0.1) is 13.8 Å². The van der Waals surface area contributed by atoms with Gasteiger partial charge in [0.05, 0.1) is 50.5 Å². The average molecular weight is 703 g/mol. The predicted octanol–water partition coefficient (Wildman–Crippen LogP) is 10.6. The zero-order valence-electron chi connectivity index (χ0n) is 28.3. The molecule has 0 atom stereocenters. The summed E-state index contributed by atoms with van der Waals surface area (Å²) in [6.07, 6.45) is 0. The summed E-state index contributed by atoms with van der Waals surface area (Å²) in [5, 5.41) is 39.8. The highest BCUT2D eigenvalue weighted by Gasteiger charge is 2.10. The summed E-state index contributed by atoms with van der Waals surface area (Å²) in [5.74, 6) is -0.0310. The van der Waals surface area contributed by atoms with Gasteiger partial charge in [0.15, 0.2) is 5.69 Å². The van der Waals surface area contributed by atoms with Crippen LogP contribution in [0.2, 0.25) is 0 Å². The van der Waals surface area contributed by atoms with Crippen LogP contribution in [-0.4, -0.2) is 20.2 Å². The first-order chi connectivity index (χ1) is 25.0. The van der Waals surface area contributed by atoms with Gasteiger partial charge in [-0.2, -0.15) is 10.2 Å². The maximum Gasteiger partial charge on any atom is 0.150 e. The Morgan fingerprint density at radius 2 is 1.04 bits per heavy atom. The molecule has 0 bridgehead atoms. The molecule has 0 aliphatic rings. The molecule has 0 amide bonds. The molecule has 8 aromatic rings. The Hall–Kier alpha value is -7.34. The van der Waals surface area contributed by atoms with Gasteiger partial charge in [-0.15, -0.1) is 10.2 Å². The lowest BCUT2D eigenvalue weighted by Crippen LogP contribution is -1.93. The van der Waals surface area contributed by atoms with E-state index in [9.17, 15) is 10.2 Å². The van der Waals surface area contributed by atoms with Crippen molar-refractivity contribution in [2.24, 2.45) is 20.5 Å². The highest BCUT2D eigenvalue weighted by molar-refractivity contribution is 6.08. The molecule has 2 heterocycles. The lowest BCUT2D eigenvalue weighted by molar-refractivity contribution is 0.476. The predicted molar refractivity (Wildman–Crippen MR) is 217 cm³/mol. The number of phenols is 2. The van der Waals surface area contributed by atoms with Crippen molar-refractivity contribution in [1.29, 1.82) is 0 Å². The van der Waals surface area contributed by atoms with Crippen molar-refractivity contribution in [3.05, 3.63) is 120 Å². The van der Waals surface area contributed by atoms with Gasteiger partial charge in [-0.3, -0.25) is 0 Å². The minimum absolute atomic E-state index is 0. The SMILES string of the molecule is C.Cc1ccc2nc3cc(N=Nc4c(N)cccc4O)ccc3c(N)c2c1.Cc1ccc2nc3cc(N=Nc4ccc(N)cc4O)ccc3c(N)c2c1. The highest BCUT2D eigenvalue weighted by atomic mass is 16.3. The summed E-state index contributed by atoms with van der Waals surface area (Å²) in [6.45, 7) is 4.05. The standard InChI is InChI=1S/2C20H17N5O.CH4/c1-11-2-6-16-15(8-11)20(22)14-5-4-13(10-18(14)23-16)24-25-17-7-3-12(21)9-19(17)26;1-11-5-8-16-14(9-11)19(22)13-7-6-12(10-17(13)23-16)24-25-20-15(21)3-2-4-18(20)26;/h2*2-10,26H,21H2,1H3,(H2,22,23);1H4. The van der Waals surface area contributed by atoms with Crippen LogP contribution in [0.5, 0.6) is 11.5 Å². The summed E-state index contributed by atoms with van der Waals surface area (Å²) in [6, 6.07) is 32.5. The topological polar surface area (TPSA) is 220 Å². The summed E-state index contributed by atoms with van der Waals surface area (Å²) in [4.78, 5) is 9.35. The molecule has 0 aliphatic heterocycles. The number of nitrogens with zero attached hydrogens (tertiary/aromatic N) is 6. The van der Waals surface area contributed by atoms with Crippen molar-refractivity contribution >= 4 is 89.1 Å². The average Bonchev–Trinajstić information content (AvgIpc) is 3.12. The van der Waals surface area contributed by atoms with Crippen molar-refractivity contribution in [2.75, 3.05) is 22.9 Å². The molecular formula is C41H38N10O2. The largest absolute Gasteiger partial charge is 0.506 e. The summed E-state index contributed by atoms with van der Waals surface area (Å²) < 4.78 is 0. The number of aromatic nitrogens is 2. The molecule has 0 fully saturated rings. The van der Waals surface area contributed by atoms with Crippen molar-refractivity contribution in [1.82, 2.24) is 9.97 Å². The van der Waals surface area contributed by atoms with Gasteiger partial charge < -0.3 is 33.1 Å². The van der Waals surface area contributed by atoms with Gasteiger partial charge in [0.1, 0.15) is 17.2 Å². The summed E-state index contributed by atoms with van der Waals surface area (Å²) in [5.41, 5.74) is 33.6. The van der Waals surface area contributed by atoms with Crippen LogP contribution in [0.15, 0.2) is 130 Å². The second kappa shape index (κ2) is 14.5. The number of pyridine rings is 2. The van der Waals surface area contributed by atoms with Crippen LogP contribution in [-0.2, 0) is 0 Å². The molecular weight excluding hydrogens is 665 g/mol. The van der Waals surface area contributed by atoms with E-state index < -0.39 is 0 Å².